The van der Waals surface area contributed by atoms with Gasteiger partial charge in [-0.2, -0.15) is 0 Å². The second kappa shape index (κ2) is 6.61. The molecular weight excluding hydrogens is 254 g/mol. The second-order valence-corrected chi connectivity index (χ2v) is 4.39. The van der Waals surface area contributed by atoms with E-state index in [2.05, 4.69) is 0 Å². The zero-order valence-corrected chi connectivity index (χ0v) is 11.3. The van der Waals surface area contributed by atoms with E-state index in [9.17, 15) is 4.79 Å². The van der Waals surface area contributed by atoms with Crippen LogP contribution in [0.1, 0.15) is 12.5 Å². The zero-order valence-electron chi connectivity index (χ0n) is 11.3. The van der Waals surface area contributed by atoms with Crippen molar-refractivity contribution >= 4 is 11.7 Å². The predicted octanol–water partition coefficient (Wildman–Crippen LogP) is 2.78. The van der Waals surface area contributed by atoms with Crippen molar-refractivity contribution in [2.24, 2.45) is 0 Å². The van der Waals surface area contributed by atoms with E-state index in [1.54, 1.807) is 31.2 Å². The van der Waals surface area contributed by atoms with E-state index in [-0.39, 0.29) is 6.61 Å². The third kappa shape index (κ3) is 3.75. The third-order valence-corrected chi connectivity index (χ3v) is 2.78. The number of hydrogen-bond acceptors (Lipinski definition) is 4. The lowest BCUT2D eigenvalue weighted by atomic mass is 10.2. The van der Waals surface area contributed by atoms with Gasteiger partial charge in [0, 0.05) is 0 Å². The molecule has 20 heavy (non-hydrogen) atoms. The van der Waals surface area contributed by atoms with Crippen molar-refractivity contribution in [3.05, 3.63) is 60.2 Å². The van der Waals surface area contributed by atoms with E-state index < -0.39 is 12.1 Å². The molecule has 4 heteroatoms. The van der Waals surface area contributed by atoms with Crippen LogP contribution in [0.2, 0.25) is 0 Å². The standard InChI is InChI=1S/C16H17NO3/c1-12(20-15-10-6-5-9-14(15)17)16(18)19-11-13-7-3-2-4-8-13/h2-10,12H,11,17H2,1H3. The van der Waals surface area contributed by atoms with Gasteiger partial charge in [0.25, 0.3) is 0 Å². The normalized spacial score (nSPS) is 11.7. The minimum absolute atomic E-state index is 0.234. The van der Waals surface area contributed by atoms with Crippen molar-refractivity contribution in [1.29, 1.82) is 0 Å². The lowest BCUT2D eigenvalue weighted by Gasteiger charge is -2.15. The van der Waals surface area contributed by atoms with Crippen LogP contribution >= 0.6 is 0 Å². The molecule has 0 heterocycles. The van der Waals surface area contributed by atoms with Crippen LogP contribution < -0.4 is 10.5 Å². The summed E-state index contributed by atoms with van der Waals surface area (Å²) in [6.07, 6.45) is -0.705. The summed E-state index contributed by atoms with van der Waals surface area (Å²) in [5.41, 5.74) is 7.19. The van der Waals surface area contributed by atoms with Crippen LogP contribution in [0.15, 0.2) is 54.6 Å². The van der Waals surface area contributed by atoms with Crippen LogP contribution in [0, 0.1) is 0 Å². The Hall–Kier alpha value is -2.49. The average molecular weight is 271 g/mol. The molecule has 0 saturated carbocycles. The van der Waals surface area contributed by atoms with Gasteiger partial charge in [0.2, 0.25) is 0 Å². The van der Waals surface area contributed by atoms with Gasteiger partial charge in [0.15, 0.2) is 6.10 Å². The molecule has 0 aliphatic heterocycles. The van der Waals surface area contributed by atoms with E-state index in [0.29, 0.717) is 11.4 Å². The van der Waals surface area contributed by atoms with Crippen molar-refractivity contribution in [3.63, 3.8) is 0 Å². The largest absolute Gasteiger partial charge is 0.477 e. The number of nitrogens with two attached hydrogens (primary N) is 1. The molecule has 0 bridgehead atoms. The van der Waals surface area contributed by atoms with Gasteiger partial charge in [-0.1, -0.05) is 42.5 Å². The Bertz CT molecular complexity index is 569. The Balaban J connectivity index is 1.88. The Kier molecular flexibility index (Phi) is 4.60. The topological polar surface area (TPSA) is 61.5 Å². The molecule has 2 N–H and O–H groups in total. The summed E-state index contributed by atoms with van der Waals surface area (Å²) in [6, 6.07) is 16.5. The van der Waals surface area contributed by atoms with E-state index in [1.165, 1.54) is 0 Å². The van der Waals surface area contributed by atoms with Gasteiger partial charge in [-0.05, 0) is 24.6 Å². The molecule has 0 aromatic heterocycles. The number of benzene rings is 2. The fourth-order valence-electron chi connectivity index (χ4n) is 1.67. The molecule has 4 nitrogen and oxygen atoms in total. The van der Waals surface area contributed by atoms with Crippen molar-refractivity contribution in [3.8, 4) is 5.75 Å². The molecule has 0 spiro atoms. The minimum atomic E-state index is -0.705. The Morgan fingerprint density at radius 1 is 1.10 bits per heavy atom. The average Bonchev–Trinajstić information content (AvgIpc) is 2.48. The summed E-state index contributed by atoms with van der Waals surface area (Å²) in [5, 5.41) is 0. The number of ether oxygens (including phenoxy) is 2. The summed E-state index contributed by atoms with van der Waals surface area (Å²) in [7, 11) is 0. The molecule has 104 valence electrons. The maximum atomic E-state index is 11.8. The highest BCUT2D eigenvalue weighted by atomic mass is 16.6. The first kappa shape index (κ1) is 13.9. The van der Waals surface area contributed by atoms with Gasteiger partial charge in [-0.15, -0.1) is 0 Å². The summed E-state index contributed by atoms with van der Waals surface area (Å²) >= 11 is 0. The van der Waals surface area contributed by atoms with Crippen LogP contribution in [-0.2, 0) is 16.1 Å². The molecule has 1 unspecified atom stereocenters. The quantitative estimate of drug-likeness (QED) is 0.671. The Morgan fingerprint density at radius 2 is 1.75 bits per heavy atom. The second-order valence-electron chi connectivity index (χ2n) is 4.39. The first-order chi connectivity index (χ1) is 9.66. The number of anilines is 1. The van der Waals surface area contributed by atoms with E-state index >= 15 is 0 Å². The minimum Gasteiger partial charge on any atom is -0.477 e. The van der Waals surface area contributed by atoms with Gasteiger partial charge in [0.1, 0.15) is 12.4 Å². The van der Waals surface area contributed by atoms with E-state index in [4.69, 9.17) is 15.2 Å². The number of hydrogen-bond donors (Lipinski definition) is 1. The molecule has 0 saturated heterocycles. The molecule has 2 aromatic rings. The van der Waals surface area contributed by atoms with Gasteiger partial charge < -0.3 is 15.2 Å². The van der Waals surface area contributed by atoms with Crippen LogP contribution in [0.5, 0.6) is 5.75 Å². The van der Waals surface area contributed by atoms with Gasteiger partial charge in [0.05, 0.1) is 5.69 Å². The highest BCUT2D eigenvalue weighted by Crippen LogP contribution is 2.21. The maximum absolute atomic E-state index is 11.8. The van der Waals surface area contributed by atoms with Crippen LogP contribution in [0.25, 0.3) is 0 Å². The van der Waals surface area contributed by atoms with Crippen molar-refractivity contribution in [2.75, 3.05) is 5.73 Å². The van der Waals surface area contributed by atoms with E-state index in [0.717, 1.165) is 5.56 Å². The molecule has 1 atom stereocenters. The Labute approximate surface area is 118 Å². The van der Waals surface area contributed by atoms with Crippen LogP contribution in [-0.4, -0.2) is 12.1 Å². The Morgan fingerprint density at radius 3 is 2.45 bits per heavy atom. The number of esters is 1. The fourth-order valence-corrected chi connectivity index (χ4v) is 1.67. The first-order valence-electron chi connectivity index (χ1n) is 6.38. The van der Waals surface area contributed by atoms with Crippen LogP contribution in [0.4, 0.5) is 5.69 Å². The first-order valence-corrected chi connectivity index (χ1v) is 6.38. The molecular formula is C16H17NO3. The summed E-state index contributed by atoms with van der Waals surface area (Å²) in [6.45, 7) is 1.87. The molecule has 2 aromatic carbocycles. The molecule has 2 rings (SSSR count). The third-order valence-electron chi connectivity index (χ3n) is 2.78. The molecule has 0 amide bonds. The number of rotatable bonds is 5. The highest BCUT2D eigenvalue weighted by Gasteiger charge is 2.17. The van der Waals surface area contributed by atoms with Crippen molar-refractivity contribution < 1.29 is 14.3 Å². The maximum Gasteiger partial charge on any atom is 0.347 e. The predicted molar refractivity (Wildman–Crippen MR) is 77.2 cm³/mol. The number of nitrogen functional groups attached to an aromatic ring is 1. The summed E-state index contributed by atoms with van der Waals surface area (Å²) in [4.78, 5) is 11.8. The van der Waals surface area contributed by atoms with Gasteiger partial charge in [-0.25, -0.2) is 4.79 Å². The smallest absolute Gasteiger partial charge is 0.347 e. The SMILES string of the molecule is CC(Oc1ccccc1N)C(=O)OCc1ccccc1. The molecule has 0 aliphatic rings. The van der Waals surface area contributed by atoms with Gasteiger partial charge in [-0.3, -0.25) is 0 Å². The van der Waals surface area contributed by atoms with Crippen molar-refractivity contribution in [1.82, 2.24) is 0 Å². The summed E-state index contributed by atoms with van der Waals surface area (Å²) in [5.74, 6) is 0.0637. The van der Waals surface area contributed by atoms with Crippen molar-refractivity contribution in [2.45, 2.75) is 19.6 Å². The zero-order chi connectivity index (χ0) is 14.4. The molecule has 0 fully saturated rings. The number of carbonyl (C=O) groups is 1. The fraction of sp³-hybridized carbons (Fsp3) is 0.188. The van der Waals surface area contributed by atoms with Gasteiger partial charge >= 0.3 is 5.97 Å². The lowest BCUT2D eigenvalue weighted by molar-refractivity contribution is -0.152. The highest BCUT2D eigenvalue weighted by molar-refractivity contribution is 5.75. The number of carbonyl (C=O) groups excluding carboxylic acids is 1. The summed E-state index contributed by atoms with van der Waals surface area (Å²) < 4.78 is 10.7. The lowest BCUT2D eigenvalue weighted by Crippen LogP contribution is -2.26. The number of para-hydroxylation sites is 2. The monoisotopic (exact) mass is 271 g/mol. The van der Waals surface area contributed by atoms with Crippen LogP contribution in [0.3, 0.4) is 0 Å². The molecule has 0 radical (unpaired) electrons. The van der Waals surface area contributed by atoms with E-state index in [1.807, 2.05) is 30.3 Å². The molecule has 0 aliphatic carbocycles.